The van der Waals surface area contributed by atoms with Crippen molar-refractivity contribution in [3.05, 3.63) is 47.5 Å². The molecule has 1 aromatic rings. The van der Waals surface area contributed by atoms with Gasteiger partial charge in [-0.25, -0.2) is 4.79 Å². The lowest BCUT2D eigenvalue weighted by Gasteiger charge is -2.24. The fourth-order valence-electron chi connectivity index (χ4n) is 2.36. The lowest BCUT2D eigenvalue weighted by Crippen LogP contribution is -2.19. The molecule has 1 aliphatic rings. The number of rotatable bonds is 5. The Bertz CT molecular complexity index is 465. The van der Waals surface area contributed by atoms with Crippen LogP contribution in [0.15, 0.2) is 36.4 Å². The summed E-state index contributed by atoms with van der Waals surface area (Å²) in [5, 5.41) is 8.92. The molecule has 1 N–H and O–H groups in total. The molecule has 0 unspecified atom stereocenters. The molecule has 0 spiro atoms. The van der Waals surface area contributed by atoms with Gasteiger partial charge in [0.05, 0.1) is 18.8 Å². The van der Waals surface area contributed by atoms with Gasteiger partial charge in [0, 0.05) is 0 Å². The Balaban J connectivity index is 1.84. The van der Waals surface area contributed by atoms with Crippen LogP contribution in [0.3, 0.4) is 0 Å². The van der Waals surface area contributed by atoms with Gasteiger partial charge in [0.2, 0.25) is 0 Å². The Morgan fingerprint density at radius 1 is 1.37 bits per heavy atom. The predicted octanol–water partition coefficient (Wildman–Crippen LogP) is 3.50. The molecule has 0 aromatic heterocycles. The van der Waals surface area contributed by atoms with Gasteiger partial charge in [0.1, 0.15) is 0 Å². The van der Waals surface area contributed by atoms with Crippen molar-refractivity contribution in [3.8, 4) is 0 Å². The number of benzene rings is 1. The smallest absolute Gasteiger partial charge is 0.335 e. The van der Waals surface area contributed by atoms with Crippen molar-refractivity contribution in [2.75, 3.05) is 6.61 Å². The van der Waals surface area contributed by atoms with Gasteiger partial charge in [0.15, 0.2) is 0 Å². The first-order valence-corrected chi connectivity index (χ1v) is 6.72. The number of carboxylic acid groups (broad SMARTS) is 1. The average molecular weight is 260 g/mol. The molecule has 0 bridgehead atoms. The maximum Gasteiger partial charge on any atom is 0.335 e. The minimum absolute atomic E-state index is 0.315. The number of carboxylic acids is 1. The van der Waals surface area contributed by atoms with Gasteiger partial charge in [-0.1, -0.05) is 31.2 Å². The zero-order valence-electron chi connectivity index (χ0n) is 11.2. The van der Waals surface area contributed by atoms with E-state index in [-0.39, 0.29) is 0 Å². The van der Waals surface area contributed by atoms with E-state index in [2.05, 4.69) is 19.1 Å². The maximum atomic E-state index is 10.9. The van der Waals surface area contributed by atoms with E-state index in [1.54, 1.807) is 18.2 Å². The first-order chi connectivity index (χ1) is 9.16. The van der Waals surface area contributed by atoms with Gasteiger partial charge in [0.25, 0.3) is 0 Å². The van der Waals surface area contributed by atoms with Crippen molar-refractivity contribution < 1.29 is 14.6 Å². The number of allylic oxidation sites excluding steroid dienone is 2. The van der Waals surface area contributed by atoms with Crippen LogP contribution < -0.4 is 0 Å². The second-order valence-corrected chi connectivity index (χ2v) is 5.20. The van der Waals surface area contributed by atoms with Crippen molar-refractivity contribution in [3.63, 3.8) is 0 Å². The summed E-state index contributed by atoms with van der Waals surface area (Å²) < 4.78 is 5.74. The van der Waals surface area contributed by atoms with E-state index in [0.717, 1.165) is 25.0 Å². The predicted molar refractivity (Wildman–Crippen MR) is 74.1 cm³/mol. The highest BCUT2D eigenvalue weighted by Crippen LogP contribution is 2.25. The van der Waals surface area contributed by atoms with Crippen molar-refractivity contribution >= 4 is 5.97 Å². The van der Waals surface area contributed by atoms with Crippen molar-refractivity contribution in [2.45, 2.75) is 26.4 Å². The SMILES string of the molecule is C[C@@H]1CC=CC[C@@H]1COCc1cccc(C(=O)O)c1. The van der Waals surface area contributed by atoms with Gasteiger partial charge >= 0.3 is 5.97 Å². The van der Waals surface area contributed by atoms with Gasteiger partial charge in [-0.05, 0) is 42.4 Å². The molecule has 3 nitrogen and oxygen atoms in total. The monoisotopic (exact) mass is 260 g/mol. The molecule has 102 valence electrons. The molecule has 2 atom stereocenters. The Morgan fingerprint density at radius 3 is 2.89 bits per heavy atom. The molecular formula is C16H20O3. The molecule has 0 aliphatic heterocycles. The fraction of sp³-hybridized carbons (Fsp3) is 0.438. The van der Waals surface area contributed by atoms with Crippen LogP contribution in [0.2, 0.25) is 0 Å². The summed E-state index contributed by atoms with van der Waals surface area (Å²) >= 11 is 0. The number of hydrogen-bond donors (Lipinski definition) is 1. The van der Waals surface area contributed by atoms with E-state index in [9.17, 15) is 4.79 Å². The first kappa shape index (κ1) is 13.8. The van der Waals surface area contributed by atoms with Crippen molar-refractivity contribution in [2.24, 2.45) is 11.8 Å². The lowest BCUT2D eigenvalue weighted by molar-refractivity contribution is 0.0672. The van der Waals surface area contributed by atoms with E-state index in [1.807, 2.05) is 6.07 Å². The maximum absolute atomic E-state index is 10.9. The summed E-state index contributed by atoms with van der Waals surface area (Å²) in [4.78, 5) is 10.9. The Labute approximate surface area is 113 Å². The number of hydrogen-bond acceptors (Lipinski definition) is 2. The van der Waals surface area contributed by atoms with E-state index in [1.165, 1.54) is 0 Å². The van der Waals surface area contributed by atoms with E-state index in [0.29, 0.717) is 24.0 Å². The second kappa shape index (κ2) is 6.53. The largest absolute Gasteiger partial charge is 0.478 e. The normalized spacial score (nSPS) is 22.4. The van der Waals surface area contributed by atoms with Crippen LogP contribution in [0.25, 0.3) is 0 Å². The Morgan fingerprint density at radius 2 is 2.16 bits per heavy atom. The van der Waals surface area contributed by atoms with Crippen LogP contribution in [-0.2, 0) is 11.3 Å². The first-order valence-electron chi connectivity index (χ1n) is 6.72. The van der Waals surface area contributed by atoms with Gasteiger partial charge in [-0.15, -0.1) is 0 Å². The van der Waals surface area contributed by atoms with Crippen molar-refractivity contribution in [1.82, 2.24) is 0 Å². The molecule has 0 amide bonds. The van der Waals surface area contributed by atoms with Crippen LogP contribution in [0, 0.1) is 11.8 Å². The molecule has 0 saturated carbocycles. The highest BCUT2D eigenvalue weighted by molar-refractivity contribution is 5.87. The topological polar surface area (TPSA) is 46.5 Å². The summed E-state index contributed by atoms with van der Waals surface area (Å²) in [6, 6.07) is 6.93. The molecule has 0 fully saturated rings. The zero-order valence-corrected chi connectivity index (χ0v) is 11.2. The molecule has 0 heterocycles. The average Bonchev–Trinajstić information content (AvgIpc) is 2.41. The third kappa shape index (κ3) is 3.93. The molecule has 19 heavy (non-hydrogen) atoms. The summed E-state index contributed by atoms with van der Waals surface area (Å²) in [5.74, 6) is 0.343. The zero-order chi connectivity index (χ0) is 13.7. The van der Waals surface area contributed by atoms with Gasteiger partial charge in [-0.2, -0.15) is 0 Å². The minimum Gasteiger partial charge on any atom is -0.478 e. The summed E-state index contributed by atoms with van der Waals surface area (Å²) in [6.07, 6.45) is 6.66. The van der Waals surface area contributed by atoms with Gasteiger partial charge in [-0.3, -0.25) is 0 Å². The van der Waals surface area contributed by atoms with E-state index in [4.69, 9.17) is 9.84 Å². The Kier molecular flexibility index (Phi) is 4.74. The number of ether oxygens (including phenoxy) is 1. The lowest BCUT2D eigenvalue weighted by atomic mass is 9.85. The summed E-state index contributed by atoms with van der Waals surface area (Å²) in [7, 11) is 0. The van der Waals surface area contributed by atoms with Crippen LogP contribution in [0.4, 0.5) is 0 Å². The van der Waals surface area contributed by atoms with E-state index < -0.39 is 5.97 Å². The highest BCUT2D eigenvalue weighted by atomic mass is 16.5. The molecular weight excluding hydrogens is 240 g/mol. The fourth-order valence-corrected chi connectivity index (χ4v) is 2.36. The third-order valence-electron chi connectivity index (χ3n) is 3.69. The number of carbonyl (C=O) groups is 1. The molecule has 0 saturated heterocycles. The Hall–Kier alpha value is -1.61. The van der Waals surface area contributed by atoms with Crippen LogP contribution in [-0.4, -0.2) is 17.7 Å². The van der Waals surface area contributed by atoms with Crippen molar-refractivity contribution in [1.29, 1.82) is 0 Å². The van der Waals surface area contributed by atoms with E-state index >= 15 is 0 Å². The van der Waals surface area contributed by atoms with Gasteiger partial charge < -0.3 is 9.84 Å². The molecule has 2 rings (SSSR count). The van der Waals surface area contributed by atoms with Crippen LogP contribution >= 0.6 is 0 Å². The molecule has 1 aliphatic carbocycles. The quantitative estimate of drug-likeness (QED) is 0.824. The highest BCUT2D eigenvalue weighted by Gasteiger charge is 2.18. The van der Waals surface area contributed by atoms with Crippen LogP contribution in [0.5, 0.6) is 0 Å². The summed E-state index contributed by atoms with van der Waals surface area (Å²) in [5.41, 5.74) is 1.23. The minimum atomic E-state index is -0.895. The molecule has 0 radical (unpaired) electrons. The number of aromatic carboxylic acids is 1. The van der Waals surface area contributed by atoms with Crippen LogP contribution in [0.1, 0.15) is 35.7 Å². The molecule has 1 aromatic carbocycles. The molecule has 3 heteroatoms. The standard InChI is InChI=1S/C16H20O3/c1-12-5-2-3-7-15(12)11-19-10-13-6-4-8-14(9-13)16(17)18/h2-4,6,8-9,12,15H,5,7,10-11H2,1H3,(H,17,18)/t12-,15-/m1/s1. The third-order valence-corrected chi connectivity index (χ3v) is 3.69. The second-order valence-electron chi connectivity index (χ2n) is 5.20. The summed E-state index contributed by atoms with van der Waals surface area (Å²) in [6.45, 7) is 3.47.